The van der Waals surface area contributed by atoms with Gasteiger partial charge in [-0.05, 0) is 24.3 Å². The summed E-state index contributed by atoms with van der Waals surface area (Å²) in [5.74, 6) is -1.75. The topological polar surface area (TPSA) is 115 Å². The lowest BCUT2D eigenvalue weighted by molar-refractivity contribution is -0.144. The third kappa shape index (κ3) is 3.36. The van der Waals surface area contributed by atoms with Gasteiger partial charge in [-0.1, -0.05) is 23.7 Å². The number of hydrogen-bond donors (Lipinski definition) is 0. The van der Waals surface area contributed by atoms with E-state index in [-0.39, 0.29) is 22.8 Å². The van der Waals surface area contributed by atoms with Crippen LogP contribution in [0, 0.1) is 0 Å². The summed E-state index contributed by atoms with van der Waals surface area (Å²) in [5, 5.41) is 0.359. The maximum absolute atomic E-state index is 12.5. The Morgan fingerprint density at radius 1 is 1.14 bits per heavy atom. The second-order valence-corrected chi connectivity index (χ2v) is 8.40. The predicted molar refractivity (Wildman–Crippen MR) is 101 cm³/mol. The van der Waals surface area contributed by atoms with Crippen LogP contribution in [0.1, 0.15) is 16.1 Å². The Morgan fingerprint density at radius 2 is 1.90 bits per heavy atom. The van der Waals surface area contributed by atoms with Crippen molar-refractivity contribution in [1.82, 2.24) is 13.7 Å². The Balaban J connectivity index is 1.49. The molecule has 0 aliphatic carbocycles. The fraction of sp³-hybridized carbons (Fsp3) is 0.111. The van der Waals surface area contributed by atoms with E-state index in [0.29, 0.717) is 15.0 Å². The average Bonchev–Trinajstić information content (AvgIpc) is 2.88. The summed E-state index contributed by atoms with van der Waals surface area (Å²) in [5.41, 5.74) is 0.0599. The molecular formula is C18H12ClN3O6S. The van der Waals surface area contributed by atoms with E-state index in [4.69, 9.17) is 16.3 Å². The van der Waals surface area contributed by atoms with Gasteiger partial charge in [-0.25, -0.2) is 17.7 Å². The highest BCUT2D eigenvalue weighted by Crippen LogP contribution is 2.29. The molecule has 11 heteroatoms. The number of aromatic nitrogens is 2. The number of sulfonamides is 1. The molecule has 0 saturated carbocycles. The van der Waals surface area contributed by atoms with Gasteiger partial charge in [0, 0.05) is 12.3 Å². The lowest BCUT2D eigenvalue weighted by Gasteiger charge is -2.14. The Morgan fingerprint density at radius 3 is 2.66 bits per heavy atom. The molecule has 0 fully saturated rings. The van der Waals surface area contributed by atoms with Gasteiger partial charge in [0.1, 0.15) is 23.7 Å². The number of amides is 1. The minimum atomic E-state index is -4.11. The van der Waals surface area contributed by atoms with Crippen LogP contribution in [0.5, 0.6) is 0 Å². The van der Waals surface area contributed by atoms with E-state index in [0.717, 1.165) is 0 Å². The first kappa shape index (κ1) is 19.1. The quantitative estimate of drug-likeness (QED) is 0.568. The van der Waals surface area contributed by atoms with Gasteiger partial charge in [0.05, 0.1) is 16.3 Å². The lowest BCUT2D eigenvalue weighted by Crippen LogP contribution is -2.35. The van der Waals surface area contributed by atoms with Crippen molar-refractivity contribution in [2.45, 2.75) is 11.5 Å². The zero-order valence-corrected chi connectivity index (χ0v) is 16.2. The molecule has 9 nitrogen and oxygen atoms in total. The number of hydrogen-bond acceptors (Lipinski definition) is 7. The fourth-order valence-corrected chi connectivity index (χ4v) is 4.58. The van der Waals surface area contributed by atoms with Crippen molar-refractivity contribution in [3.05, 3.63) is 75.3 Å². The van der Waals surface area contributed by atoms with Crippen molar-refractivity contribution in [3.8, 4) is 0 Å². The molecule has 1 aliphatic rings. The van der Waals surface area contributed by atoms with Gasteiger partial charge in [0.15, 0.2) is 0 Å². The summed E-state index contributed by atoms with van der Waals surface area (Å²) in [4.78, 5) is 40.6. The highest BCUT2D eigenvalue weighted by Gasteiger charge is 2.42. The summed E-state index contributed by atoms with van der Waals surface area (Å²) < 4.78 is 31.6. The molecule has 1 aliphatic heterocycles. The van der Waals surface area contributed by atoms with E-state index in [2.05, 4.69) is 4.98 Å². The van der Waals surface area contributed by atoms with Gasteiger partial charge < -0.3 is 4.74 Å². The number of rotatable bonds is 4. The van der Waals surface area contributed by atoms with Crippen molar-refractivity contribution < 1.29 is 22.7 Å². The first-order valence-corrected chi connectivity index (χ1v) is 10.1. The molecule has 0 spiro atoms. The van der Waals surface area contributed by atoms with Gasteiger partial charge in [-0.2, -0.15) is 0 Å². The highest BCUT2D eigenvalue weighted by molar-refractivity contribution is 7.90. The van der Waals surface area contributed by atoms with Crippen molar-refractivity contribution in [2.24, 2.45) is 0 Å². The first-order valence-electron chi connectivity index (χ1n) is 8.27. The van der Waals surface area contributed by atoms with Gasteiger partial charge >= 0.3 is 5.97 Å². The van der Waals surface area contributed by atoms with Gasteiger partial charge in [-0.15, -0.1) is 0 Å². The van der Waals surface area contributed by atoms with Crippen LogP contribution >= 0.6 is 11.6 Å². The van der Waals surface area contributed by atoms with Crippen molar-refractivity contribution in [3.63, 3.8) is 0 Å². The van der Waals surface area contributed by atoms with E-state index in [1.807, 2.05) is 0 Å². The molecule has 148 valence electrons. The van der Waals surface area contributed by atoms with Gasteiger partial charge in [0.2, 0.25) is 0 Å². The Labute approximate surface area is 169 Å². The van der Waals surface area contributed by atoms with Crippen LogP contribution in [0.4, 0.5) is 0 Å². The second-order valence-electron chi connectivity index (χ2n) is 6.13. The second kappa shape index (κ2) is 6.98. The van der Waals surface area contributed by atoms with Gasteiger partial charge in [0.25, 0.3) is 21.5 Å². The summed E-state index contributed by atoms with van der Waals surface area (Å²) in [6.07, 6.45) is 1.41. The molecule has 4 rings (SSSR count). The van der Waals surface area contributed by atoms with Crippen LogP contribution in [0.2, 0.25) is 5.02 Å². The van der Waals surface area contributed by atoms with Crippen LogP contribution in [0.25, 0.3) is 5.65 Å². The molecule has 3 aromatic rings. The van der Waals surface area contributed by atoms with Crippen LogP contribution in [-0.2, 0) is 26.2 Å². The molecule has 0 atom stereocenters. The monoisotopic (exact) mass is 433 g/mol. The number of fused-ring (bicyclic) bond motifs is 2. The summed E-state index contributed by atoms with van der Waals surface area (Å²) in [6.45, 7) is -1.14. The third-order valence-electron chi connectivity index (χ3n) is 4.24. The molecule has 2 aromatic heterocycles. The van der Waals surface area contributed by atoms with Crippen LogP contribution in [0.3, 0.4) is 0 Å². The van der Waals surface area contributed by atoms with E-state index in [9.17, 15) is 22.8 Å². The minimum Gasteiger partial charge on any atom is -0.458 e. The Bertz CT molecular complexity index is 1330. The van der Waals surface area contributed by atoms with E-state index in [1.54, 1.807) is 6.07 Å². The number of esters is 1. The molecular weight excluding hydrogens is 422 g/mol. The van der Waals surface area contributed by atoms with Crippen LogP contribution < -0.4 is 5.56 Å². The molecule has 0 N–H and O–H groups in total. The molecule has 1 aromatic carbocycles. The van der Waals surface area contributed by atoms with E-state index in [1.165, 1.54) is 47.0 Å². The number of halogens is 1. The average molecular weight is 434 g/mol. The maximum atomic E-state index is 12.5. The molecule has 0 radical (unpaired) electrons. The normalized spacial score (nSPS) is 14.8. The molecule has 29 heavy (non-hydrogen) atoms. The number of ether oxygens (including phenoxy) is 1. The van der Waals surface area contributed by atoms with Gasteiger partial charge in [-0.3, -0.25) is 18.8 Å². The first-order chi connectivity index (χ1) is 13.8. The number of carbonyl (C=O) groups excluding carboxylic acids is 2. The minimum absolute atomic E-state index is 0.00294. The Hall–Kier alpha value is -3.24. The van der Waals surface area contributed by atoms with E-state index < -0.39 is 34.0 Å². The standard InChI is InChI=1S/C18H12ClN3O6S/c19-11-5-6-15-20-12(7-16(23)21(15)8-11)10-28-17(24)9-22-18(25)13-3-1-2-4-14(13)29(22,26)27/h1-8H,9-10H2. The molecule has 0 saturated heterocycles. The zero-order chi connectivity index (χ0) is 20.8. The van der Waals surface area contributed by atoms with Crippen LogP contribution in [0.15, 0.2) is 58.4 Å². The lowest BCUT2D eigenvalue weighted by atomic mass is 10.2. The predicted octanol–water partition coefficient (Wildman–Crippen LogP) is 1.24. The van der Waals surface area contributed by atoms with Crippen molar-refractivity contribution in [1.29, 1.82) is 0 Å². The number of nitrogens with zero attached hydrogens (tertiary/aromatic N) is 3. The maximum Gasteiger partial charge on any atom is 0.327 e. The molecule has 0 unspecified atom stereocenters. The fourth-order valence-electron chi connectivity index (χ4n) is 2.90. The molecule has 0 bridgehead atoms. The van der Waals surface area contributed by atoms with Crippen molar-refractivity contribution >= 4 is 39.1 Å². The summed E-state index contributed by atoms with van der Waals surface area (Å²) in [7, 11) is -4.11. The number of benzene rings is 1. The molecule has 1 amide bonds. The highest BCUT2D eigenvalue weighted by atomic mass is 35.5. The van der Waals surface area contributed by atoms with Crippen molar-refractivity contribution in [2.75, 3.05) is 6.54 Å². The zero-order valence-electron chi connectivity index (χ0n) is 14.6. The summed E-state index contributed by atoms with van der Waals surface area (Å²) in [6, 6.07) is 9.95. The Kier molecular flexibility index (Phi) is 4.59. The molecule has 3 heterocycles. The number of carbonyl (C=O) groups is 2. The van der Waals surface area contributed by atoms with E-state index >= 15 is 0 Å². The smallest absolute Gasteiger partial charge is 0.327 e. The summed E-state index contributed by atoms with van der Waals surface area (Å²) >= 11 is 5.84. The largest absolute Gasteiger partial charge is 0.458 e. The number of pyridine rings is 1. The van der Waals surface area contributed by atoms with Crippen LogP contribution in [-0.4, -0.2) is 40.5 Å². The third-order valence-corrected chi connectivity index (χ3v) is 6.25. The SMILES string of the molecule is O=C(CN1C(=O)c2ccccc2S1(=O)=O)OCc1cc(=O)n2cc(Cl)ccc2n1.